The van der Waals surface area contributed by atoms with Crippen LogP contribution in [0, 0.1) is 5.82 Å². The van der Waals surface area contributed by atoms with E-state index in [2.05, 4.69) is 4.98 Å². The molecule has 3 aromatic rings. The zero-order valence-corrected chi connectivity index (χ0v) is 10.0. The summed E-state index contributed by atoms with van der Waals surface area (Å²) in [7, 11) is 1.97. The summed E-state index contributed by atoms with van der Waals surface area (Å²) in [5, 5.41) is 0.918. The van der Waals surface area contributed by atoms with E-state index in [1.165, 1.54) is 23.5 Å². The van der Waals surface area contributed by atoms with E-state index in [1.807, 2.05) is 36.1 Å². The minimum absolute atomic E-state index is 0.216. The molecule has 0 amide bonds. The van der Waals surface area contributed by atoms with Crippen molar-refractivity contribution in [3.8, 4) is 10.6 Å². The van der Waals surface area contributed by atoms with E-state index in [-0.39, 0.29) is 5.82 Å². The van der Waals surface area contributed by atoms with Gasteiger partial charge in [-0.25, -0.2) is 13.9 Å². The fraction of sp³-hybridized carbons (Fsp3) is 0.0769. The van der Waals surface area contributed by atoms with Gasteiger partial charge >= 0.3 is 0 Å². The number of aromatic nitrogens is 2. The molecule has 1 aromatic carbocycles. The Labute approximate surface area is 102 Å². The number of pyridine rings is 1. The van der Waals surface area contributed by atoms with Gasteiger partial charge in [-0.3, -0.25) is 0 Å². The summed E-state index contributed by atoms with van der Waals surface area (Å²) in [6.45, 7) is 0. The second-order valence-corrected chi connectivity index (χ2v) is 4.92. The molecule has 0 fully saturated rings. The van der Waals surface area contributed by atoms with Gasteiger partial charge in [-0.2, -0.15) is 0 Å². The van der Waals surface area contributed by atoms with Crippen molar-refractivity contribution in [2.75, 3.05) is 0 Å². The van der Waals surface area contributed by atoms with Crippen molar-refractivity contribution < 1.29 is 8.96 Å². The SMILES string of the molecule is C[n+]1cccc(-c2nc3ccc(F)cc3s2)c1. The van der Waals surface area contributed by atoms with Crippen LogP contribution in [0.15, 0.2) is 42.7 Å². The quantitative estimate of drug-likeness (QED) is 0.602. The molecule has 0 aliphatic carbocycles. The second-order valence-electron chi connectivity index (χ2n) is 3.89. The highest BCUT2D eigenvalue weighted by Gasteiger charge is 2.09. The first-order valence-electron chi connectivity index (χ1n) is 5.24. The molecule has 0 saturated carbocycles. The third-order valence-corrected chi connectivity index (χ3v) is 3.60. The topological polar surface area (TPSA) is 16.8 Å². The summed E-state index contributed by atoms with van der Waals surface area (Å²) in [5.74, 6) is -0.216. The third-order valence-electron chi connectivity index (χ3n) is 2.54. The van der Waals surface area contributed by atoms with Gasteiger partial charge in [0.1, 0.15) is 17.9 Å². The van der Waals surface area contributed by atoms with Gasteiger partial charge < -0.3 is 0 Å². The number of nitrogens with zero attached hydrogens (tertiary/aromatic N) is 2. The molecule has 3 rings (SSSR count). The molecule has 0 aliphatic rings. The number of hydrogen-bond donors (Lipinski definition) is 0. The van der Waals surface area contributed by atoms with E-state index >= 15 is 0 Å². The number of halogens is 1. The standard InChI is InChI=1S/C13H10FN2S/c1-16-6-2-3-9(8-16)13-15-11-5-4-10(14)7-12(11)17-13/h2-8H,1H3/q+1. The normalized spacial score (nSPS) is 10.9. The Morgan fingerprint density at radius 1 is 1.29 bits per heavy atom. The van der Waals surface area contributed by atoms with E-state index in [0.717, 1.165) is 20.8 Å². The maximum absolute atomic E-state index is 13.1. The number of benzene rings is 1. The van der Waals surface area contributed by atoms with Crippen molar-refractivity contribution >= 4 is 21.6 Å². The van der Waals surface area contributed by atoms with E-state index < -0.39 is 0 Å². The Kier molecular flexibility index (Phi) is 2.37. The summed E-state index contributed by atoms with van der Waals surface area (Å²) in [5.41, 5.74) is 1.90. The molecule has 0 saturated heterocycles. The minimum atomic E-state index is -0.216. The zero-order chi connectivity index (χ0) is 11.8. The highest BCUT2D eigenvalue weighted by molar-refractivity contribution is 7.21. The first-order chi connectivity index (χ1) is 8.22. The van der Waals surface area contributed by atoms with Crippen molar-refractivity contribution in [1.82, 2.24) is 4.98 Å². The van der Waals surface area contributed by atoms with Gasteiger partial charge in [0.2, 0.25) is 0 Å². The van der Waals surface area contributed by atoms with Gasteiger partial charge in [0.15, 0.2) is 12.4 Å². The van der Waals surface area contributed by atoms with Crippen LogP contribution in [0.5, 0.6) is 0 Å². The van der Waals surface area contributed by atoms with Gasteiger partial charge in [0.05, 0.1) is 15.8 Å². The lowest BCUT2D eigenvalue weighted by atomic mass is 10.3. The van der Waals surface area contributed by atoms with Crippen LogP contribution in [0.3, 0.4) is 0 Å². The van der Waals surface area contributed by atoms with Crippen molar-refractivity contribution in [3.05, 3.63) is 48.5 Å². The lowest BCUT2D eigenvalue weighted by Crippen LogP contribution is -2.26. The maximum atomic E-state index is 13.1. The summed E-state index contributed by atoms with van der Waals surface area (Å²) < 4.78 is 15.9. The highest BCUT2D eigenvalue weighted by atomic mass is 32.1. The Bertz CT molecular complexity index is 691. The number of rotatable bonds is 1. The Morgan fingerprint density at radius 3 is 3.00 bits per heavy atom. The Balaban J connectivity index is 2.18. The zero-order valence-electron chi connectivity index (χ0n) is 9.22. The molecule has 17 heavy (non-hydrogen) atoms. The Morgan fingerprint density at radius 2 is 2.18 bits per heavy atom. The lowest BCUT2D eigenvalue weighted by Gasteiger charge is -1.92. The molecule has 4 heteroatoms. The van der Waals surface area contributed by atoms with Crippen molar-refractivity contribution in [3.63, 3.8) is 0 Å². The predicted octanol–water partition coefficient (Wildman–Crippen LogP) is 2.93. The van der Waals surface area contributed by atoms with Crippen molar-refractivity contribution in [2.45, 2.75) is 0 Å². The molecule has 2 nitrogen and oxygen atoms in total. The predicted molar refractivity (Wildman–Crippen MR) is 66.2 cm³/mol. The molecule has 0 bridgehead atoms. The average Bonchev–Trinajstić information content (AvgIpc) is 2.72. The summed E-state index contributed by atoms with van der Waals surface area (Å²) >= 11 is 1.51. The third kappa shape index (κ3) is 1.91. The first kappa shape index (κ1) is 10.4. The molecule has 0 aliphatic heterocycles. The lowest BCUT2D eigenvalue weighted by molar-refractivity contribution is -0.671. The van der Waals surface area contributed by atoms with Crippen molar-refractivity contribution in [1.29, 1.82) is 0 Å². The van der Waals surface area contributed by atoms with E-state index in [0.29, 0.717) is 0 Å². The number of thiazole rings is 1. The molecular formula is C13H10FN2S+. The van der Waals surface area contributed by atoms with Gasteiger partial charge in [-0.15, -0.1) is 11.3 Å². The largest absolute Gasteiger partial charge is 0.236 e. The average molecular weight is 245 g/mol. The molecule has 0 unspecified atom stereocenters. The van der Waals surface area contributed by atoms with Crippen molar-refractivity contribution in [2.24, 2.45) is 7.05 Å². The monoisotopic (exact) mass is 245 g/mol. The number of hydrogen-bond acceptors (Lipinski definition) is 2. The van der Waals surface area contributed by atoms with E-state index in [9.17, 15) is 4.39 Å². The van der Waals surface area contributed by atoms with Gasteiger partial charge in [0.25, 0.3) is 0 Å². The van der Waals surface area contributed by atoms with Crippen LogP contribution in [-0.4, -0.2) is 4.98 Å². The molecule has 0 spiro atoms. The number of fused-ring (bicyclic) bond motifs is 1. The number of aryl methyl sites for hydroxylation is 1. The Hall–Kier alpha value is -1.81. The van der Waals surface area contributed by atoms with E-state index in [1.54, 1.807) is 6.07 Å². The molecule has 0 atom stereocenters. The second kappa shape index (κ2) is 3.89. The van der Waals surface area contributed by atoms with Crippen LogP contribution in [-0.2, 0) is 7.05 Å². The summed E-state index contributed by atoms with van der Waals surface area (Å²) in [4.78, 5) is 4.50. The molecule has 2 heterocycles. The molecule has 2 aromatic heterocycles. The molecule has 0 radical (unpaired) electrons. The van der Waals surface area contributed by atoms with Gasteiger partial charge in [-0.05, 0) is 24.3 Å². The molecule has 0 N–H and O–H groups in total. The summed E-state index contributed by atoms with van der Waals surface area (Å²) in [6, 6.07) is 8.67. The minimum Gasteiger partial charge on any atom is -0.236 e. The van der Waals surface area contributed by atoms with Crippen LogP contribution in [0.1, 0.15) is 0 Å². The molecule has 84 valence electrons. The first-order valence-corrected chi connectivity index (χ1v) is 6.06. The maximum Gasteiger partial charge on any atom is 0.178 e. The highest BCUT2D eigenvalue weighted by Crippen LogP contribution is 2.29. The van der Waals surface area contributed by atoms with Crippen LogP contribution < -0.4 is 4.57 Å². The van der Waals surface area contributed by atoms with Gasteiger partial charge in [0, 0.05) is 6.07 Å². The van der Waals surface area contributed by atoms with Crippen LogP contribution >= 0.6 is 11.3 Å². The van der Waals surface area contributed by atoms with E-state index in [4.69, 9.17) is 0 Å². The fourth-order valence-corrected chi connectivity index (χ4v) is 2.72. The smallest absolute Gasteiger partial charge is 0.178 e. The fourth-order valence-electron chi connectivity index (χ4n) is 1.74. The van der Waals surface area contributed by atoms with Gasteiger partial charge in [-0.1, -0.05) is 0 Å². The molecular weight excluding hydrogens is 235 g/mol. The van der Waals surface area contributed by atoms with Crippen LogP contribution in [0.2, 0.25) is 0 Å². The van der Waals surface area contributed by atoms with Crippen LogP contribution in [0.25, 0.3) is 20.8 Å². The van der Waals surface area contributed by atoms with Crippen LogP contribution in [0.4, 0.5) is 4.39 Å². The summed E-state index contributed by atoms with van der Waals surface area (Å²) in [6.07, 6.45) is 3.98.